The molecule has 0 radical (unpaired) electrons. The second-order valence-corrected chi connectivity index (χ2v) is 6.95. The summed E-state index contributed by atoms with van der Waals surface area (Å²) < 4.78 is 0. The normalized spacial score (nSPS) is 24.7. The van der Waals surface area contributed by atoms with E-state index in [2.05, 4.69) is 42.8 Å². The minimum absolute atomic E-state index is 0.0234. The quantitative estimate of drug-likeness (QED) is 0.786. The topological polar surface area (TPSA) is 38.8 Å². The van der Waals surface area contributed by atoms with E-state index in [-0.39, 0.29) is 11.6 Å². The lowest BCUT2D eigenvalue weighted by Crippen LogP contribution is -2.59. The molecule has 0 bridgehead atoms. The van der Waals surface area contributed by atoms with E-state index in [1.165, 1.54) is 0 Å². The van der Waals surface area contributed by atoms with Crippen molar-refractivity contribution in [3.05, 3.63) is 0 Å². The minimum atomic E-state index is 0.0234. The number of amides is 1. The van der Waals surface area contributed by atoms with Crippen LogP contribution in [0.4, 0.5) is 0 Å². The maximum Gasteiger partial charge on any atom is 0.239 e. The predicted octanol–water partition coefficient (Wildman–Crippen LogP) is 0.223. The van der Waals surface area contributed by atoms with Crippen molar-refractivity contribution in [2.45, 2.75) is 39.3 Å². The van der Waals surface area contributed by atoms with Gasteiger partial charge in [0.1, 0.15) is 0 Å². The Morgan fingerprint density at radius 1 is 1.00 bits per heavy atom. The van der Waals surface area contributed by atoms with Crippen molar-refractivity contribution in [3.63, 3.8) is 0 Å². The number of nitrogens with one attached hydrogen (secondary N) is 1. The molecular weight excluding hydrogens is 252 g/mol. The molecule has 5 heteroatoms. The summed E-state index contributed by atoms with van der Waals surface area (Å²) in [4.78, 5) is 19.4. The third-order valence-electron chi connectivity index (χ3n) is 4.60. The standard InChI is InChI=1S/C15H30N4O/c1-13(14(20)18-7-5-16-6-8-18)17-9-11-19(12-10-17)15(2,3)4/h13,16H,5-12H2,1-4H3. The van der Waals surface area contributed by atoms with Gasteiger partial charge in [-0.25, -0.2) is 0 Å². The van der Waals surface area contributed by atoms with E-state index in [0.717, 1.165) is 52.4 Å². The fourth-order valence-electron chi connectivity index (χ4n) is 3.09. The zero-order valence-electron chi connectivity index (χ0n) is 13.5. The van der Waals surface area contributed by atoms with Gasteiger partial charge in [-0.05, 0) is 27.7 Å². The van der Waals surface area contributed by atoms with Gasteiger partial charge in [0.2, 0.25) is 5.91 Å². The molecular formula is C15H30N4O. The fourth-order valence-corrected chi connectivity index (χ4v) is 3.09. The summed E-state index contributed by atoms with van der Waals surface area (Å²) in [6.45, 7) is 16.5. The molecule has 0 aromatic rings. The van der Waals surface area contributed by atoms with Gasteiger partial charge in [-0.15, -0.1) is 0 Å². The number of hydrogen-bond acceptors (Lipinski definition) is 4. The Hall–Kier alpha value is -0.650. The average molecular weight is 282 g/mol. The first-order valence-electron chi connectivity index (χ1n) is 7.88. The van der Waals surface area contributed by atoms with E-state index < -0.39 is 0 Å². The first-order chi connectivity index (χ1) is 9.39. The second-order valence-electron chi connectivity index (χ2n) is 6.95. The van der Waals surface area contributed by atoms with E-state index in [0.29, 0.717) is 5.91 Å². The Bertz CT molecular complexity index is 325. The molecule has 1 atom stereocenters. The zero-order valence-corrected chi connectivity index (χ0v) is 13.5. The minimum Gasteiger partial charge on any atom is -0.339 e. The van der Waals surface area contributed by atoms with Crippen molar-refractivity contribution in [3.8, 4) is 0 Å². The van der Waals surface area contributed by atoms with Crippen LogP contribution in [0.25, 0.3) is 0 Å². The summed E-state index contributed by atoms with van der Waals surface area (Å²) in [5, 5.41) is 3.30. The van der Waals surface area contributed by atoms with Gasteiger partial charge in [0, 0.05) is 57.9 Å². The van der Waals surface area contributed by atoms with Crippen molar-refractivity contribution in [1.29, 1.82) is 0 Å². The van der Waals surface area contributed by atoms with Crippen LogP contribution < -0.4 is 5.32 Å². The van der Waals surface area contributed by atoms with Crippen molar-refractivity contribution in [2.75, 3.05) is 52.4 Å². The van der Waals surface area contributed by atoms with Gasteiger partial charge in [0.05, 0.1) is 6.04 Å². The highest BCUT2D eigenvalue weighted by Gasteiger charge is 2.31. The molecule has 20 heavy (non-hydrogen) atoms. The van der Waals surface area contributed by atoms with Crippen LogP contribution >= 0.6 is 0 Å². The van der Waals surface area contributed by atoms with Gasteiger partial charge < -0.3 is 10.2 Å². The molecule has 5 nitrogen and oxygen atoms in total. The SMILES string of the molecule is CC(C(=O)N1CCNCC1)N1CCN(C(C)(C)C)CC1. The van der Waals surface area contributed by atoms with Crippen LogP contribution in [0, 0.1) is 0 Å². The van der Waals surface area contributed by atoms with Crippen LogP contribution in [-0.4, -0.2) is 84.5 Å². The lowest BCUT2D eigenvalue weighted by Gasteiger charge is -2.44. The van der Waals surface area contributed by atoms with E-state index in [9.17, 15) is 4.79 Å². The molecule has 0 saturated carbocycles. The van der Waals surface area contributed by atoms with Crippen LogP contribution in [0.1, 0.15) is 27.7 Å². The first kappa shape index (κ1) is 15.7. The first-order valence-corrected chi connectivity index (χ1v) is 7.88. The Morgan fingerprint density at radius 2 is 1.55 bits per heavy atom. The maximum atomic E-state index is 12.5. The number of rotatable bonds is 2. The summed E-state index contributed by atoms with van der Waals surface area (Å²) in [5.74, 6) is 0.302. The Morgan fingerprint density at radius 3 is 2.05 bits per heavy atom. The van der Waals surface area contributed by atoms with Crippen molar-refractivity contribution in [1.82, 2.24) is 20.0 Å². The van der Waals surface area contributed by atoms with Gasteiger partial charge in [-0.3, -0.25) is 14.6 Å². The zero-order chi connectivity index (χ0) is 14.8. The van der Waals surface area contributed by atoms with Gasteiger partial charge in [0.25, 0.3) is 0 Å². The molecule has 0 spiro atoms. The predicted molar refractivity (Wildman–Crippen MR) is 81.8 cm³/mol. The van der Waals surface area contributed by atoms with Crippen LogP contribution in [-0.2, 0) is 4.79 Å². The van der Waals surface area contributed by atoms with Gasteiger partial charge in [-0.1, -0.05) is 0 Å². The highest BCUT2D eigenvalue weighted by molar-refractivity contribution is 5.81. The lowest BCUT2D eigenvalue weighted by atomic mass is 10.0. The molecule has 2 rings (SSSR count). The summed E-state index contributed by atoms with van der Waals surface area (Å²) in [6.07, 6.45) is 0. The molecule has 116 valence electrons. The third-order valence-corrected chi connectivity index (χ3v) is 4.60. The lowest BCUT2D eigenvalue weighted by molar-refractivity contribution is -0.138. The summed E-state index contributed by atoms with van der Waals surface area (Å²) >= 11 is 0. The Kier molecular flexibility index (Phi) is 5.04. The van der Waals surface area contributed by atoms with E-state index in [4.69, 9.17) is 0 Å². The summed E-state index contributed by atoms with van der Waals surface area (Å²) in [5.41, 5.74) is 0.234. The highest BCUT2D eigenvalue weighted by atomic mass is 16.2. The summed E-state index contributed by atoms with van der Waals surface area (Å²) in [6, 6.07) is 0.0234. The maximum absolute atomic E-state index is 12.5. The number of carbonyl (C=O) groups is 1. The number of hydrogen-bond donors (Lipinski definition) is 1. The Labute approximate surface area is 123 Å². The molecule has 1 unspecified atom stereocenters. The number of piperazine rings is 2. The third kappa shape index (κ3) is 3.71. The van der Waals surface area contributed by atoms with Crippen LogP contribution in [0.15, 0.2) is 0 Å². The van der Waals surface area contributed by atoms with Crippen molar-refractivity contribution >= 4 is 5.91 Å². The largest absolute Gasteiger partial charge is 0.339 e. The molecule has 2 saturated heterocycles. The van der Waals surface area contributed by atoms with Gasteiger partial charge in [0.15, 0.2) is 0 Å². The van der Waals surface area contributed by atoms with E-state index >= 15 is 0 Å². The monoisotopic (exact) mass is 282 g/mol. The molecule has 0 aliphatic carbocycles. The molecule has 0 aromatic heterocycles. The molecule has 2 heterocycles. The molecule has 2 aliphatic heterocycles. The van der Waals surface area contributed by atoms with Crippen LogP contribution in [0.2, 0.25) is 0 Å². The molecule has 2 aliphatic rings. The van der Waals surface area contributed by atoms with E-state index in [1.807, 2.05) is 4.90 Å². The Balaban J connectivity index is 1.84. The van der Waals surface area contributed by atoms with Crippen molar-refractivity contribution in [2.24, 2.45) is 0 Å². The van der Waals surface area contributed by atoms with Crippen LogP contribution in [0.3, 0.4) is 0 Å². The van der Waals surface area contributed by atoms with Gasteiger partial charge >= 0.3 is 0 Å². The van der Waals surface area contributed by atoms with Crippen LogP contribution in [0.5, 0.6) is 0 Å². The summed E-state index contributed by atoms with van der Waals surface area (Å²) in [7, 11) is 0. The molecule has 2 fully saturated rings. The average Bonchev–Trinajstić information content (AvgIpc) is 2.46. The fraction of sp³-hybridized carbons (Fsp3) is 0.933. The second kappa shape index (κ2) is 6.41. The van der Waals surface area contributed by atoms with Gasteiger partial charge in [-0.2, -0.15) is 0 Å². The van der Waals surface area contributed by atoms with Crippen molar-refractivity contribution < 1.29 is 4.79 Å². The highest BCUT2D eigenvalue weighted by Crippen LogP contribution is 2.17. The molecule has 0 aromatic carbocycles. The smallest absolute Gasteiger partial charge is 0.239 e. The molecule has 1 N–H and O–H groups in total. The number of nitrogens with zero attached hydrogens (tertiary/aromatic N) is 3. The molecule has 1 amide bonds. The number of carbonyl (C=O) groups excluding carboxylic acids is 1. The van der Waals surface area contributed by atoms with E-state index in [1.54, 1.807) is 0 Å².